The minimum absolute atomic E-state index is 0.0737. The number of ether oxygens (including phenoxy) is 1. The van der Waals surface area contributed by atoms with E-state index in [-0.39, 0.29) is 25.1 Å². The Balaban J connectivity index is 1.55. The number of rotatable bonds is 9. The summed E-state index contributed by atoms with van der Waals surface area (Å²) < 4.78 is 5.89. The first-order valence-electron chi connectivity index (χ1n) is 10.7. The highest BCUT2D eigenvalue weighted by Crippen LogP contribution is 2.29. The minimum Gasteiger partial charge on any atom is -0.490 e. The second-order valence-corrected chi connectivity index (χ2v) is 8.41. The van der Waals surface area contributed by atoms with Gasteiger partial charge in [0.1, 0.15) is 24.0 Å². The summed E-state index contributed by atoms with van der Waals surface area (Å²) in [5.74, 6) is 0.563. The van der Waals surface area contributed by atoms with E-state index in [9.17, 15) is 15.2 Å². The summed E-state index contributed by atoms with van der Waals surface area (Å²) in [5, 5.41) is 25.0. The number of nitriles is 1. The second-order valence-electron chi connectivity index (χ2n) is 8.41. The maximum Gasteiger partial charge on any atom is 0.235 e. The number of nitrogens with zero attached hydrogens (tertiary/aromatic N) is 2. The molecule has 1 unspecified atom stereocenters. The highest BCUT2D eigenvalue weighted by atomic mass is 16.5. The van der Waals surface area contributed by atoms with E-state index in [2.05, 4.69) is 11.4 Å². The molecule has 2 aromatic rings. The Kier molecular flexibility index (Phi) is 7.30. The van der Waals surface area contributed by atoms with E-state index < -0.39 is 11.6 Å². The van der Waals surface area contributed by atoms with Crippen LogP contribution in [0.15, 0.2) is 42.5 Å². The zero-order valence-electron chi connectivity index (χ0n) is 17.8. The highest BCUT2D eigenvalue weighted by Gasteiger charge is 2.35. The van der Waals surface area contributed by atoms with Gasteiger partial charge in [-0.25, -0.2) is 0 Å². The lowest BCUT2D eigenvalue weighted by atomic mass is 10.00. The Bertz CT molecular complexity index is 895. The van der Waals surface area contributed by atoms with Crippen molar-refractivity contribution in [1.29, 1.82) is 5.26 Å². The standard InChI is InChI=1S/C24H31N3O3/c1-18(2)27(15-23(29)26-24(17-25)12-5-6-13-24)14-20(28)16-30-22-11-7-9-19-8-3-4-10-21(19)22/h3-4,7-11,18,20,28H,5-6,12-16H2,1-2H3,(H,26,29). The van der Waals surface area contributed by atoms with Crippen LogP contribution in [0.2, 0.25) is 0 Å². The van der Waals surface area contributed by atoms with Gasteiger partial charge in [0.05, 0.1) is 12.6 Å². The first-order valence-corrected chi connectivity index (χ1v) is 10.7. The van der Waals surface area contributed by atoms with Crippen LogP contribution in [-0.2, 0) is 4.79 Å². The van der Waals surface area contributed by atoms with E-state index in [0.29, 0.717) is 19.4 Å². The average molecular weight is 410 g/mol. The predicted molar refractivity (Wildman–Crippen MR) is 117 cm³/mol. The van der Waals surface area contributed by atoms with Crippen LogP contribution in [0.1, 0.15) is 39.5 Å². The summed E-state index contributed by atoms with van der Waals surface area (Å²) in [4.78, 5) is 14.5. The molecule has 1 aliphatic carbocycles. The molecule has 2 aromatic carbocycles. The van der Waals surface area contributed by atoms with E-state index in [0.717, 1.165) is 29.4 Å². The molecule has 0 aliphatic heterocycles. The second kappa shape index (κ2) is 9.92. The molecule has 1 atom stereocenters. The predicted octanol–water partition coefficient (Wildman–Crippen LogP) is 3.24. The molecule has 0 radical (unpaired) electrons. The van der Waals surface area contributed by atoms with Gasteiger partial charge in [0.15, 0.2) is 0 Å². The van der Waals surface area contributed by atoms with Crippen molar-refractivity contribution < 1.29 is 14.6 Å². The molecular weight excluding hydrogens is 378 g/mol. The maximum absolute atomic E-state index is 12.6. The molecule has 0 bridgehead atoms. The molecule has 3 rings (SSSR count). The molecule has 0 aromatic heterocycles. The van der Waals surface area contributed by atoms with Crippen molar-refractivity contribution in [2.45, 2.75) is 57.2 Å². The van der Waals surface area contributed by atoms with Gasteiger partial charge in [0, 0.05) is 18.0 Å². The summed E-state index contributed by atoms with van der Waals surface area (Å²) in [6, 6.07) is 16.2. The number of aliphatic hydroxyl groups excluding tert-OH is 1. The Morgan fingerprint density at radius 2 is 1.93 bits per heavy atom. The topological polar surface area (TPSA) is 85.6 Å². The van der Waals surface area contributed by atoms with E-state index in [1.54, 1.807) is 0 Å². The Hall–Kier alpha value is -2.62. The van der Waals surface area contributed by atoms with Gasteiger partial charge in [-0.15, -0.1) is 0 Å². The molecule has 2 N–H and O–H groups in total. The molecule has 1 aliphatic rings. The van der Waals surface area contributed by atoms with Crippen molar-refractivity contribution in [1.82, 2.24) is 10.2 Å². The van der Waals surface area contributed by atoms with E-state index in [1.807, 2.05) is 61.2 Å². The largest absolute Gasteiger partial charge is 0.490 e. The molecule has 0 saturated heterocycles. The molecule has 30 heavy (non-hydrogen) atoms. The maximum atomic E-state index is 12.6. The number of benzene rings is 2. The molecule has 0 heterocycles. The van der Waals surface area contributed by atoms with Gasteiger partial charge < -0.3 is 15.2 Å². The molecule has 6 nitrogen and oxygen atoms in total. The van der Waals surface area contributed by atoms with Crippen LogP contribution >= 0.6 is 0 Å². The van der Waals surface area contributed by atoms with Crippen LogP contribution in [0.3, 0.4) is 0 Å². The summed E-state index contributed by atoms with van der Waals surface area (Å²) >= 11 is 0. The summed E-state index contributed by atoms with van der Waals surface area (Å²) in [5.41, 5.74) is -0.726. The third-order valence-corrected chi connectivity index (χ3v) is 5.75. The molecular formula is C24H31N3O3. The normalized spacial score (nSPS) is 16.5. The van der Waals surface area contributed by atoms with E-state index in [4.69, 9.17) is 4.74 Å². The minimum atomic E-state index is -0.740. The number of carbonyl (C=O) groups excluding carboxylic acids is 1. The van der Waals surface area contributed by atoms with Crippen LogP contribution in [-0.4, -0.2) is 53.3 Å². The number of aliphatic hydroxyl groups is 1. The van der Waals surface area contributed by atoms with E-state index in [1.165, 1.54) is 0 Å². The van der Waals surface area contributed by atoms with Crippen molar-refractivity contribution in [3.63, 3.8) is 0 Å². The molecule has 6 heteroatoms. The fourth-order valence-electron chi connectivity index (χ4n) is 4.02. The highest BCUT2D eigenvalue weighted by molar-refractivity contribution is 5.88. The van der Waals surface area contributed by atoms with E-state index >= 15 is 0 Å². The summed E-state index contributed by atoms with van der Waals surface area (Å²) in [6.45, 7) is 4.57. The Morgan fingerprint density at radius 3 is 2.63 bits per heavy atom. The molecule has 1 fully saturated rings. The van der Waals surface area contributed by atoms with Crippen molar-refractivity contribution >= 4 is 16.7 Å². The van der Waals surface area contributed by atoms with Gasteiger partial charge in [-0.2, -0.15) is 5.26 Å². The van der Waals surface area contributed by atoms with Crippen LogP contribution in [0.5, 0.6) is 5.75 Å². The summed E-state index contributed by atoms with van der Waals surface area (Å²) in [7, 11) is 0. The van der Waals surface area contributed by atoms with Crippen molar-refractivity contribution in [2.24, 2.45) is 0 Å². The molecule has 1 saturated carbocycles. The zero-order valence-corrected chi connectivity index (χ0v) is 17.8. The Morgan fingerprint density at radius 1 is 1.23 bits per heavy atom. The molecule has 1 amide bonds. The van der Waals surface area contributed by atoms with Crippen LogP contribution in [0, 0.1) is 11.3 Å². The quantitative estimate of drug-likeness (QED) is 0.664. The Labute approximate surface area is 178 Å². The average Bonchev–Trinajstić information content (AvgIpc) is 3.20. The zero-order chi connectivity index (χ0) is 21.6. The number of fused-ring (bicyclic) bond motifs is 1. The first-order chi connectivity index (χ1) is 14.4. The number of hydrogen-bond donors (Lipinski definition) is 2. The fraction of sp³-hybridized carbons (Fsp3) is 0.500. The van der Waals surface area contributed by atoms with Gasteiger partial charge in [-0.1, -0.05) is 36.4 Å². The van der Waals surface area contributed by atoms with Gasteiger partial charge in [0.25, 0.3) is 0 Å². The van der Waals surface area contributed by atoms with Gasteiger partial charge in [0.2, 0.25) is 5.91 Å². The molecule has 160 valence electrons. The first kappa shape index (κ1) is 22.1. The fourth-order valence-corrected chi connectivity index (χ4v) is 4.02. The number of nitrogens with one attached hydrogen (secondary N) is 1. The third kappa shape index (κ3) is 5.50. The number of hydrogen-bond acceptors (Lipinski definition) is 5. The number of amides is 1. The van der Waals surface area contributed by atoms with Crippen molar-refractivity contribution in [2.75, 3.05) is 19.7 Å². The van der Waals surface area contributed by atoms with Crippen molar-refractivity contribution in [3.05, 3.63) is 42.5 Å². The van der Waals surface area contributed by atoms with Gasteiger partial charge in [-0.05, 0) is 51.0 Å². The SMILES string of the molecule is CC(C)N(CC(=O)NC1(C#N)CCCC1)CC(O)COc1cccc2ccccc12. The monoisotopic (exact) mass is 409 g/mol. The lowest BCUT2D eigenvalue weighted by Crippen LogP contribution is -2.51. The van der Waals surface area contributed by atoms with Crippen LogP contribution in [0.25, 0.3) is 10.8 Å². The molecule has 0 spiro atoms. The third-order valence-electron chi connectivity index (χ3n) is 5.75. The lowest BCUT2D eigenvalue weighted by molar-refractivity contribution is -0.124. The van der Waals surface area contributed by atoms with Crippen LogP contribution in [0.4, 0.5) is 0 Å². The lowest BCUT2D eigenvalue weighted by Gasteiger charge is -2.30. The van der Waals surface area contributed by atoms with Crippen LogP contribution < -0.4 is 10.1 Å². The van der Waals surface area contributed by atoms with Gasteiger partial charge in [-0.3, -0.25) is 9.69 Å². The van der Waals surface area contributed by atoms with Crippen molar-refractivity contribution in [3.8, 4) is 11.8 Å². The van der Waals surface area contributed by atoms with Gasteiger partial charge >= 0.3 is 0 Å². The number of carbonyl (C=O) groups is 1. The smallest absolute Gasteiger partial charge is 0.235 e. The summed E-state index contributed by atoms with van der Waals surface area (Å²) in [6.07, 6.45) is 2.60.